The van der Waals surface area contributed by atoms with Crippen LogP contribution >= 0.6 is 0 Å². The summed E-state index contributed by atoms with van der Waals surface area (Å²) in [5, 5.41) is 0. The summed E-state index contributed by atoms with van der Waals surface area (Å²) in [7, 11) is 0. The van der Waals surface area contributed by atoms with E-state index in [1.807, 2.05) is 18.2 Å². The van der Waals surface area contributed by atoms with Crippen LogP contribution in [0.4, 0.5) is 0 Å². The van der Waals surface area contributed by atoms with Gasteiger partial charge in [0.1, 0.15) is 0 Å². The summed E-state index contributed by atoms with van der Waals surface area (Å²) >= 11 is 0. The molecule has 0 unspecified atom stereocenters. The normalized spacial score (nSPS) is 28.0. The average Bonchev–Trinajstić information content (AvgIpc) is 2.71. The second-order valence-corrected chi connectivity index (χ2v) is 7.50. The van der Waals surface area contributed by atoms with Gasteiger partial charge in [0, 0.05) is 0 Å². The summed E-state index contributed by atoms with van der Waals surface area (Å²) in [6.45, 7) is 0. The molecule has 28 heavy (non-hydrogen) atoms. The molecule has 0 atom stereocenters. The minimum absolute atomic E-state index is 1.08. The predicted molar refractivity (Wildman–Crippen MR) is 127 cm³/mol. The van der Waals surface area contributed by atoms with Gasteiger partial charge in [0.05, 0.1) is 0 Å². The largest absolute Gasteiger partial charge is 0.0845 e. The Hall–Kier alpha value is -1.82. The maximum Gasteiger partial charge on any atom is -0.0276 e. The predicted octanol–water partition coefficient (Wildman–Crippen LogP) is 9.16. The van der Waals surface area contributed by atoms with Crippen molar-refractivity contribution in [3.8, 4) is 0 Å². The third-order valence-corrected chi connectivity index (χ3v) is 4.90. The lowest BCUT2D eigenvalue weighted by molar-refractivity contribution is 0.541. The molecule has 0 saturated heterocycles. The van der Waals surface area contributed by atoms with Crippen LogP contribution in [0.1, 0.15) is 89.9 Å². The highest BCUT2D eigenvalue weighted by Crippen LogP contribution is 2.13. The number of hydrogen-bond acceptors (Lipinski definition) is 0. The highest BCUT2D eigenvalue weighted by atomic mass is 14.0. The molecule has 153 valence electrons. The van der Waals surface area contributed by atoms with Crippen LogP contribution in [0.3, 0.4) is 0 Å². The molecule has 0 aromatic rings. The number of rotatable bonds is 0. The molecular formula is C28H41. The van der Waals surface area contributed by atoms with Gasteiger partial charge in [-0.3, -0.25) is 0 Å². The minimum Gasteiger partial charge on any atom is -0.0845 e. The number of hydrogen-bond donors (Lipinski definition) is 0. The van der Waals surface area contributed by atoms with Crippen LogP contribution in [-0.4, -0.2) is 0 Å². The van der Waals surface area contributed by atoms with E-state index in [1.54, 1.807) is 0 Å². The lowest BCUT2D eigenvalue weighted by Gasteiger charge is -2.02. The van der Waals surface area contributed by atoms with Crippen LogP contribution in [0, 0.1) is 6.08 Å². The van der Waals surface area contributed by atoms with Crippen LogP contribution in [0.2, 0.25) is 0 Å². The minimum atomic E-state index is 1.08. The average molecular weight is 378 g/mol. The van der Waals surface area contributed by atoms with E-state index in [-0.39, 0.29) is 0 Å². The van der Waals surface area contributed by atoms with Gasteiger partial charge in [0.15, 0.2) is 0 Å². The van der Waals surface area contributed by atoms with Crippen molar-refractivity contribution in [2.24, 2.45) is 0 Å². The molecule has 0 aromatic heterocycles. The van der Waals surface area contributed by atoms with E-state index < -0.39 is 0 Å². The Morgan fingerprint density at radius 3 is 1.29 bits per heavy atom. The molecule has 1 aliphatic rings. The van der Waals surface area contributed by atoms with E-state index in [2.05, 4.69) is 66.8 Å². The molecule has 0 N–H and O–H groups in total. The zero-order chi connectivity index (χ0) is 19.8. The van der Waals surface area contributed by atoms with Gasteiger partial charge in [-0.2, -0.15) is 0 Å². The fraction of sp³-hybridized carbons (Fsp3) is 0.500. The summed E-state index contributed by atoms with van der Waals surface area (Å²) in [5.41, 5.74) is 0. The second-order valence-electron chi connectivity index (χ2n) is 7.50. The molecule has 1 radical (unpaired) electrons. The molecule has 0 spiro atoms. The lowest BCUT2D eigenvalue weighted by atomic mass is 10.0. The van der Waals surface area contributed by atoms with Crippen molar-refractivity contribution in [3.05, 3.63) is 85.1 Å². The molecule has 1 aliphatic carbocycles. The van der Waals surface area contributed by atoms with Gasteiger partial charge >= 0.3 is 0 Å². The van der Waals surface area contributed by atoms with Gasteiger partial charge in [-0.1, -0.05) is 143 Å². The molecule has 0 amide bonds. The highest BCUT2D eigenvalue weighted by Gasteiger charge is 1.93. The SMILES string of the molecule is [C]1=C/C=C\C=C/C=C\C=C\C=C\C=C\CCCCCCCCCCCCCC/1. The van der Waals surface area contributed by atoms with Gasteiger partial charge < -0.3 is 0 Å². The van der Waals surface area contributed by atoms with Crippen molar-refractivity contribution in [1.82, 2.24) is 0 Å². The summed E-state index contributed by atoms with van der Waals surface area (Å²) < 4.78 is 0. The Bertz CT molecular complexity index is 474. The first-order chi connectivity index (χ1) is 14.0. The van der Waals surface area contributed by atoms with E-state index in [0.29, 0.717) is 0 Å². The molecule has 1 rings (SSSR count). The zero-order valence-corrected chi connectivity index (χ0v) is 17.9. The summed E-state index contributed by atoms with van der Waals surface area (Å²) in [5.74, 6) is 0. The zero-order valence-electron chi connectivity index (χ0n) is 17.9. The topological polar surface area (TPSA) is 0 Å². The molecule has 0 saturated carbocycles. The number of allylic oxidation sites excluding steroid dienone is 14. The van der Waals surface area contributed by atoms with Crippen LogP contribution in [0.25, 0.3) is 0 Å². The fourth-order valence-electron chi connectivity index (χ4n) is 3.22. The van der Waals surface area contributed by atoms with E-state index >= 15 is 0 Å². The van der Waals surface area contributed by atoms with E-state index in [9.17, 15) is 0 Å². The van der Waals surface area contributed by atoms with Gasteiger partial charge in [-0.05, 0) is 31.8 Å². The van der Waals surface area contributed by atoms with Gasteiger partial charge in [-0.15, -0.1) is 0 Å². The van der Waals surface area contributed by atoms with Crippen molar-refractivity contribution >= 4 is 0 Å². The fourth-order valence-corrected chi connectivity index (χ4v) is 3.22. The second kappa shape index (κ2) is 21.5. The molecule has 0 heterocycles. The van der Waals surface area contributed by atoms with Crippen molar-refractivity contribution in [2.45, 2.75) is 89.9 Å². The van der Waals surface area contributed by atoms with Gasteiger partial charge in [0.25, 0.3) is 0 Å². The molecule has 0 aliphatic heterocycles. The van der Waals surface area contributed by atoms with Gasteiger partial charge in [-0.25, -0.2) is 0 Å². The molecule has 0 heteroatoms. The van der Waals surface area contributed by atoms with E-state index in [4.69, 9.17) is 0 Å². The Morgan fingerprint density at radius 1 is 0.357 bits per heavy atom. The Labute approximate surface area is 175 Å². The third-order valence-electron chi connectivity index (χ3n) is 4.90. The molecule has 0 bridgehead atoms. The highest BCUT2D eigenvalue weighted by molar-refractivity contribution is 5.20. The van der Waals surface area contributed by atoms with Crippen molar-refractivity contribution in [2.75, 3.05) is 0 Å². The maximum absolute atomic E-state index is 3.37. The van der Waals surface area contributed by atoms with Crippen molar-refractivity contribution in [3.63, 3.8) is 0 Å². The molecular weight excluding hydrogens is 336 g/mol. The Kier molecular flexibility index (Phi) is 18.6. The van der Waals surface area contributed by atoms with Crippen molar-refractivity contribution in [1.29, 1.82) is 0 Å². The first kappa shape index (κ1) is 24.2. The summed E-state index contributed by atoms with van der Waals surface area (Å²) in [6.07, 6.45) is 49.5. The lowest BCUT2D eigenvalue weighted by Crippen LogP contribution is -1.83. The first-order valence-corrected chi connectivity index (χ1v) is 11.6. The molecule has 0 fully saturated rings. The maximum atomic E-state index is 3.37. The summed E-state index contributed by atoms with van der Waals surface area (Å²) in [4.78, 5) is 0. The van der Waals surface area contributed by atoms with E-state index in [0.717, 1.165) is 6.42 Å². The smallest absolute Gasteiger partial charge is 0.0276 e. The van der Waals surface area contributed by atoms with Crippen LogP contribution in [0.5, 0.6) is 0 Å². The third kappa shape index (κ3) is 19.0. The van der Waals surface area contributed by atoms with Crippen LogP contribution in [-0.2, 0) is 0 Å². The van der Waals surface area contributed by atoms with Crippen LogP contribution in [0.15, 0.2) is 79.0 Å². The molecule has 0 nitrogen and oxygen atoms in total. The Morgan fingerprint density at radius 2 is 0.750 bits per heavy atom. The standard InChI is InChI=1S/C28H41/c1-2-4-6-8-10-12-14-16-18-20-22-24-26-28-27-25-23-21-19-17-15-13-11-9-7-5-3-1/h1-13H,14,16-28H2/b3-1-,4-2+,7-5-,8-6+,11-9-,12-10+,15-13?. The first-order valence-electron chi connectivity index (χ1n) is 11.6. The quantitative estimate of drug-likeness (QED) is 0.394. The summed E-state index contributed by atoms with van der Waals surface area (Å²) in [6, 6.07) is 0. The van der Waals surface area contributed by atoms with E-state index in [1.165, 1.54) is 83.5 Å². The monoisotopic (exact) mass is 377 g/mol. The Balaban J connectivity index is 2.31. The van der Waals surface area contributed by atoms with Crippen molar-refractivity contribution < 1.29 is 0 Å². The molecule has 0 aromatic carbocycles. The van der Waals surface area contributed by atoms with Gasteiger partial charge in [0.2, 0.25) is 0 Å². The van der Waals surface area contributed by atoms with Crippen LogP contribution < -0.4 is 0 Å².